The van der Waals surface area contributed by atoms with Crippen molar-refractivity contribution in [1.82, 2.24) is 4.90 Å². The highest BCUT2D eigenvalue weighted by atomic mass is 19.4. The van der Waals surface area contributed by atoms with Crippen molar-refractivity contribution >= 4 is 11.6 Å². The van der Waals surface area contributed by atoms with Gasteiger partial charge in [-0.25, -0.2) is 4.39 Å². The molecule has 3 aromatic carbocycles. The minimum Gasteiger partial charge on any atom is -0.497 e. The van der Waals surface area contributed by atoms with Crippen LogP contribution in [0.2, 0.25) is 0 Å². The van der Waals surface area contributed by atoms with Crippen molar-refractivity contribution < 1.29 is 27.1 Å². The Morgan fingerprint density at radius 3 is 2.20 bits per heavy atom. The summed E-state index contributed by atoms with van der Waals surface area (Å²) in [5, 5.41) is 0. The monoisotopic (exact) mass is 486 g/mol. The van der Waals surface area contributed by atoms with E-state index in [1.54, 1.807) is 54.5 Å². The van der Waals surface area contributed by atoms with Crippen molar-refractivity contribution in [3.63, 3.8) is 0 Å². The van der Waals surface area contributed by atoms with Crippen LogP contribution in [0.5, 0.6) is 5.75 Å². The molecule has 8 heteroatoms. The molecule has 1 amide bonds. The van der Waals surface area contributed by atoms with E-state index in [2.05, 4.69) is 0 Å². The number of alkyl halides is 3. The second kappa shape index (κ2) is 10.5. The average Bonchev–Trinajstić information content (AvgIpc) is 2.86. The largest absolute Gasteiger partial charge is 0.497 e. The Labute approximate surface area is 201 Å². The first kappa shape index (κ1) is 24.7. The summed E-state index contributed by atoms with van der Waals surface area (Å²) >= 11 is 0. The van der Waals surface area contributed by atoms with E-state index in [0.717, 1.165) is 6.07 Å². The Hall–Kier alpha value is -3.39. The van der Waals surface area contributed by atoms with Crippen molar-refractivity contribution in [2.24, 2.45) is 0 Å². The Kier molecular flexibility index (Phi) is 7.40. The first-order valence-electron chi connectivity index (χ1n) is 11.4. The smallest absolute Gasteiger partial charge is 0.416 e. The van der Waals surface area contributed by atoms with Gasteiger partial charge in [-0.3, -0.25) is 9.69 Å². The van der Waals surface area contributed by atoms with Gasteiger partial charge in [-0.1, -0.05) is 18.2 Å². The van der Waals surface area contributed by atoms with Gasteiger partial charge in [0.05, 0.1) is 12.7 Å². The van der Waals surface area contributed by atoms with E-state index in [9.17, 15) is 22.4 Å². The van der Waals surface area contributed by atoms with E-state index in [1.165, 1.54) is 24.3 Å². The fraction of sp³-hybridized carbons (Fsp3) is 0.296. The van der Waals surface area contributed by atoms with Gasteiger partial charge in [0.2, 0.25) is 0 Å². The highest BCUT2D eigenvalue weighted by Gasteiger charge is 2.34. The third-order valence-electron chi connectivity index (χ3n) is 6.30. The Morgan fingerprint density at radius 2 is 1.60 bits per heavy atom. The summed E-state index contributed by atoms with van der Waals surface area (Å²) in [4.78, 5) is 17.2. The van der Waals surface area contributed by atoms with E-state index in [1.807, 2.05) is 4.90 Å². The lowest BCUT2D eigenvalue weighted by atomic mass is 9.99. The van der Waals surface area contributed by atoms with Gasteiger partial charge in [0, 0.05) is 36.9 Å². The molecular weight excluding hydrogens is 460 g/mol. The first-order chi connectivity index (χ1) is 16.8. The Balaban J connectivity index is 1.52. The van der Waals surface area contributed by atoms with E-state index >= 15 is 0 Å². The van der Waals surface area contributed by atoms with Gasteiger partial charge < -0.3 is 9.64 Å². The van der Waals surface area contributed by atoms with Gasteiger partial charge in [-0.15, -0.1) is 0 Å². The van der Waals surface area contributed by atoms with Crippen LogP contribution in [0.15, 0.2) is 72.8 Å². The number of likely N-dealkylation sites (tertiary alicyclic amines) is 1. The molecular formula is C27H26F4N2O2. The number of nitrogens with zero attached hydrogens (tertiary/aromatic N) is 2. The molecule has 1 saturated heterocycles. The fourth-order valence-electron chi connectivity index (χ4n) is 4.48. The number of anilines is 1. The van der Waals surface area contributed by atoms with Crippen LogP contribution < -0.4 is 9.64 Å². The third kappa shape index (κ3) is 5.82. The topological polar surface area (TPSA) is 32.8 Å². The summed E-state index contributed by atoms with van der Waals surface area (Å²) in [6.07, 6.45) is -3.25. The SMILES string of the molecule is COc1ccc(C(=O)N(c2ccc(F)cc2)C2CCN(Cc3ccccc3C(F)(F)F)CC2)cc1. The molecule has 1 fully saturated rings. The van der Waals surface area contributed by atoms with Crippen LogP contribution in [0.3, 0.4) is 0 Å². The van der Waals surface area contributed by atoms with Gasteiger partial charge in [-0.05, 0) is 73.0 Å². The highest BCUT2D eigenvalue weighted by Crippen LogP contribution is 2.33. The zero-order valence-electron chi connectivity index (χ0n) is 19.3. The van der Waals surface area contributed by atoms with Gasteiger partial charge in [0.1, 0.15) is 11.6 Å². The lowest BCUT2D eigenvalue weighted by Gasteiger charge is -2.39. The molecule has 1 aliphatic rings. The molecule has 1 aliphatic heterocycles. The van der Waals surface area contributed by atoms with Crippen LogP contribution in [-0.2, 0) is 12.7 Å². The summed E-state index contributed by atoms with van der Waals surface area (Å²) in [6.45, 7) is 1.25. The van der Waals surface area contributed by atoms with Gasteiger partial charge in [0.25, 0.3) is 5.91 Å². The molecule has 0 N–H and O–H groups in total. The second-order valence-corrected chi connectivity index (χ2v) is 8.54. The summed E-state index contributed by atoms with van der Waals surface area (Å²) in [5.74, 6) is 0.00574. The molecule has 184 valence electrons. The number of rotatable bonds is 6. The highest BCUT2D eigenvalue weighted by molar-refractivity contribution is 6.06. The molecule has 0 aromatic heterocycles. The molecule has 4 rings (SSSR count). The lowest BCUT2D eigenvalue weighted by molar-refractivity contribution is -0.138. The number of ether oxygens (including phenoxy) is 1. The summed E-state index contributed by atoms with van der Waals surface area (Å²) in [7, 11) is 1.54. The standard InChI is InChI=1S/C27H26F4N2O2/c1-35-24-12-6-19(7-13-24)26(34)33(22-10-8-21(28)9-11-22)23-14-16-32(17-15-23)18-20-4-2-3-5-25(20)27(29,30)31/h2-13,23H,14-18H2,1H3. The van der Waals surface area contributed by atoms with E-state index in [0.29, 0.717) is 42.9 Å². The zero-order valence-corrected chi connectivity index (χ0v) is 19.3. The number of hydrogen-bond donors (Lipinski definition) is 0. The number of benzene rings is 3. The molecule has 0 saturated carbocycles. The van der Waals surface area contributed by atoms with Gasteiger partial charge >= 0.3 is 6.18 Å². The van der Waals surface area contributed by atoms with Crippen molar-refractivity contribution in [1.29, 1.82) is 0 Å². The molecule has 0 bridgehead atoms. The normalized spacial score (nSPS) is 15.1. The van der Waals surface area contributed by atoms with Crippen LogP contribution in [-0.4, -0.2) is 37.0 Å². The molecule has 0 radical (unpaired) electrons. The molecule has 3 aromatic rings. The Morgan fingerprint density at radius 1 is 0.971 bits per heavy atom. The minimum atomic E-state index is -4.40. The maximum atomic E-state index is 13.6. The summed E-state index contributed by atoms with van der Waals surface area (Å²) < 4.78 is 58.9. The van der Waals surface area contributed by atoms with Crippen LogP contribution >= 0.6 is 0 Å². The molecule has 4 nitrogen and oxygen atoms in total. The fourth-order valence-corrected chi connectivity index (χ4v) is 4.48. The van der Waals surface area contributed by atoms with Gasteiger partial charge in [0.15, 0.2) is 0 Å². The van der Waals surface area contributed by atoms with Crippen molar-refractivity contribution in [2.75, 3.05) is 25.1 Å². The van der Waals surface area contributed by atoms with Crippen molar-refractivity contribution in [3.05, 3.63) is 95.3 Å². The number of hydrogen-bond acceptors (Lipinski definition) is 3. The second-order valence-electron chi connectivity index (χ2n) is 8.54. The third-order valence-corrected chi connectivity index (χ3v) is 6.30. The Bertz CT molecular complexity index is 1140. The first-order valence-corrected chi connectivity index (χ1v) is 11.4. The van der Waals surface area contributed by atoms with Gasteiger partial charge in [-0.2, -0.15) is 13.2 Å². The summed E-state index contributed by atoms with van der Waals surface area (Å²) in [5.41, 5.74) is 0.664. The predicted molar refractivity (Wildman–Crippen MR) is 126 cm³/mol. The number of piperidine rings is 1. The predicted octanol–water partition coefficient (Wildman–Crippen LogP) is 6.16. The number of carbonyl (C=O) groups is 1. The van der Waals surface area contributed by atoms with Crippen LogP contribution in [0, 0.1) is 5.82 Å². The number of amides is 1. The molecule has 35 heavy (non-hydrogen) atoms. The van der Waals surface area contributed by atoms with E-state index in [-0.39, 0.29) is 24.1 Å². The molecule has 0 unspecified atom stereocenters. The maximum Gasteiger partial charge on any atom is 0.416 e. The van der Waals surface area contributed by atoms with Crippen LogP contribution in [0.1, 0.15) is 34.3 Å². The minimum absolute atomic E-state index is 0.177. The molecule has 1 heterocycles. The van der Waals surface area contributed by atoms with E-state index in [4.69, 9.17) is 4.74 Å². The molecule has 0 spiro atoms. The van der Waals surface area contributed by atoms with Crippen LogP contribution in [0.4, 0.5) is 23.2 Å². The van der Waals surface area contributed by atoms with Crippen molar-refractivity contribution in [3.8, 4) is 5.75 Å². The molecule has 0 atom stereocenters. The number of carbonyl (C=O) groups excluding carboxylic acids is 1. The van der Waals surface area contributed by atoms with Crippen LogP contribution in [0.25, 0.3) is 0 Å². The maximum absolute atomic E-state index is 13.6. The van der Waals surface area contributed by atoms with Crippen molar-refractivity contribution in [2.45, 2.75) is 31.6 Å². The lowest BCUT2D eigenvalue weighted by Crippen LogP contribution is -2.47. The molecule has 0 aliphatic carbocycles. The number of halogens is 4. The average molecular weight is 487 g/mol. The number of methoxy groups -OCH3 is 1. The summed E-state index contributed by atoms with van der Waals surface area (Å²) in [6, 6.07) is 18.0. The van der Waals surface area contributed by atoms with E-state index < -0.39 is 17.6 Å². The zero-order chi connectivity index (χ0) is 25.0. The quantitative estimate of drug-likeness (QED) is 0.391.